The van der Waals surface area contributed by atoms with E-state index in [1.165, 1.54) is 5.56 Å². The van der Waals surface area contributed by atoms with E-state index in [-0.39, 0.29) is 0 Å². The smallest absolute Gasteiger partial charge is 0.138 e. The minimum Gasteiger partial charge on any atom is -0.492 e. The molecule has 0 fully saturated rings. The Morgan fingerprint density at radius 2 is 2.25 bits per heavy atom. The third-order valence-corrected chi connectivity index (χ3v) is 2.83. The summed E-state index contributed by atoms with van der Waals surface area (Å²) in [5.74, 6) is 0.731. The normalized spacial score (nSPS) is 10.9. The lowest BCUT2D eigenvalue weighted by atomic mass is 10.1. The first-order chi connectivity index (χ1) is 7.76. The van der Waals surface area contributed by atoms with Gasteiger partial charge in [-0.1, -0.05) is 11.6 Å². The monoisotopic (exact) mass is 238 g/mol. The minimum absolute atomic E-state index is 0.613. The fourth-order valence-corrected chi connectivity index (χ4v) is 2.03. The molecule has 0 saturated carbocycles. The maximum Gasteiger partial charge on any atom is 0.138 e. The summed E-state index contributed by atoms with van der Waals surface area (Å²) in [6.45, 7) is 3.19. The summed E-state index contributed by atoms with van der Waals surface area (Å²) >= 11 is 6.10. The first-order valence-electron chi connectivity index (χ1n) is 5.38. The summed E-state index contributed by atoms with van der Waals surface area (Å²) in [6, 6.07) is 3.87. The van der Waals surface area contributed by atoms with Crippen molar-refractivity contribution >= 4 is 22.5 Å². The van der Waals surface area contributed by atoms with E-state index < -0.39 is 0 Å². The molecule has 0 amide bonds. The Hall–Kier alpha value is -1.19. The van der Waals surface area contributed by atoms with Crippen LogP contribution in [0.4, 0.5) is 0 Å². The Morgan fingerprint density at radius 3 is 2.94 bits per heavy atom. The molecule has 0 bridgehead atoms. The number of fused-ring (bicyclic) bond motifs is 1. The second-order valence-corrected chi connectivity index (χ2v) is 4.02. The highest BCUT2D eigenvalue weighted by molar-refractivity contribution is 6.32. The van der Waals surface area contributed by atoms with Crippen molar-refractivity contribution < 1.29 is 4.74 Å². The summed E-state index contributed by atoms with van der Waals surface area (Å²) in [5.41, 5.74) is 7.79. The SMILES string of the molecule is CCOc1cc2c(CCN)c[nH]c2cc1Cl. The molecule has 1 heterocycles. The predicted molar refractivity (Wildman–Crippen MR) is 67.2 cm³/mol. The molecule has 86 valence electrons. The fourth-order valence-electron chi connectivity index (χ4n) is 1.81. The summed E-state index contributed by atoms with van der Waals surface area (Å²) in [5, 5.41) is 1.77. The van der Waals surface area contributed by atoms with E-state index in [1.807, 2.05) is 25.3 Å². The van der Waals surface area contributed by atoms with Crippen molar-refractivity contribution in [1.29, 1.82) is 0 Å². The van der Waals surface area contributed by atoms with Crippen LogP contribution in [0.25, 0.3) is 10.9 Å². The Bertz CT molecular complexity index is 493. The summed E-state index contributed by atoms with van der Waals surface area (Å²) in [4.78, 5) is 3.19. The number of H-pyrrole nitrogens is 1. The van der Waals surface area contributed by atoms with E-state index in [4.69, 9.17) is 22.1 Å². The first kappa shape index (κ1) is 11.3. The fraction of sp³-hybridized carbons (Fsp3) is 0.333. The van der Waals surface area contributed by atoms with Gasteiger partial charge in [0, 0.05) is 17.1 Å². The number of halogens is 1. The van der Waals surface area contributed by atoms with E-state index >= 15 is 0 Å². The lowest BCUT2D eigenvalue weighted by molar-refractivity contribution is 0.341. The summed E-state index contributed by atoms with van der Waals surface area (Å²) < 4.78 is 5.47. The molecule has 0 aliphatic rings. The number of nitrogens with one attached hydrogen (secondary N) is 1. The molecule has 0 atom stereocenters. The van der Waals surface area contributed by atoms with Gasteiger partial charge in [0.15, 0.2) is 0 Å². The van der Waals surface area contributed by atoms with Crippen molar-refractivity contribution in [3.63, 3.8) is 0 Å². The van der Waals surface area contributed by atoms with Crippen molar-refractivity contribution in [3.05, 3.63) is 28.9 Å². The van der Waals surface area contributed by atoms with Gasteiger partial charge in [0.1, 0.15) is 5.75 Å². The number of hydrogen-bond acceptors (Lipinski definition) is 2. The molecular formula is C12H15ClN2O. The van der Waals surface area contributed by atoms with Gasteiger partial charge in [-0.15, -0.1) is 0 Å². The van der Waals surface area contributed by atoms with E-state index in [0.717, 1.165) is 23.1 Å². The lowest BCUT2D eigenvalue weighted by Crippen LogP contribution is -2.01. The zero-order chi connectivity index (χ0) is 11.5. The third-order valence-electron chi connectivity index (χ3n) is 2.53. The Balaban J connectivity index is 2.50. The zero-order valence-corrected chi connectivity index (χ0v) is 9.97. The standard InChI is InChI=1S/C12H15ClN2O/c1-2-16-12-5-9-8(3-4-14)7-15-11(9)6-10(12)13/h5-7,15H,2-4,14H2,1H3. The molecule has 2 rings (SSSR count). The van der Waals surface area contributed by atoms with Gasteiger partial charge in [0.05, 0.1) is 11.6 Å². The number of aromatic nitrogens is 1. The highest BCUT2D eigenvalue weighted by atomic mass is 35.5. The van der Waals surface area contributed by atoms with Gasteiger partial charge >= 0.3 is 0 Å². The molecule has 0 saturated heterocycles. The molecule has 0 aliphatic heterocycles. The quantitative estimate of drug-likeness (QED) is 0.861. The number of hydrogen-bond donors (Lipinski definition) is 2. The maximum atomic E-state index is 6.10. The molecule has 0 unspecified atom stereocenters. The van der Waals surface area contributed by atoms with Crippen molar-refractivity contribution in [3.8, 4) is 5.75 Å². The van der Waals surface area contributed by atoms with Crippen LogP contribution in [0.15, 0.2) is 18.3 Å². The molecule has 0 radical (unpaired) electrons. The van der Waals surface area contributed by atoms with Gasteiger partial charge in [-0.2, -0.15) is 0 Å². The van der Waals surface area contributed by atoms with Gasteiger partial charge in [-0.3, -0.25) is 0 Å². The average molecular weight is 239 g/mol. The number of rotatable bonds is 4. The summed E-state index contributed by atoms with van der Waals surface area (Å²) in [6.07, 6.45) is 2.83. The molecule has 3 nitrogen and oxygen atoms in total. The molecule has 0 aliphatic carbocycles. The van der Waals surface area contributed by atoms with Crippen LogP contribution in [0.2, 0.25) is 5.02 Å². The van der Waals surface area contributed by atoms with E-state index in [9.17, 15) is 0 Å². The van der Waals surface area contributed by atoms with E-state index in [0.29, 0.717) is 18.2 Å². The van der Waals surface area contributed by atoms with E-state index in [2.05, 4.69) is 4.98 Å². The molecule has 2 aromatic rings. The number of ether oxygens (including phenoxy) is 1. The van der Waals surface area contributed by atoms with Gasteiger partial charge in [0.25, 0.3) is 0 Å². The van der Waals surface area contributed by atoms with Crippen LogP contribution in [0.5, 0.6) is 5.75 Å². The molecular weight excluding hydrogens is 224 g/mol. The number of aromatic amines is 1. The number of benzene rings is 1. The van der Waals surface area contributed by atoms with Gasteiger partial charge in [-0.05, 0) is 37.6 Å². The van der Waals surface area contributed by atoms with Crippen LogP contribution in [-0.2, 0) is 6.42 Å². The minimum atomic E-state index is 0.613. The van der Waals surface area contributed by atoms with Crippen molar-refractivity contribution in [2.45, 2.75) is 13.3 Å². The molecule has 1 aromatic heterocycles. The van der Waals surface area contributed by atoms with Crippen LogP contribution in [0.3, 0.4) is 0 Å². The maximum absolute atomic E-state index is 6.10. The van der Waals surface area contributed by atoms with Crippen molar-refractivity contribution in [1.82, 2.24) is 4.98 Å². The van der Waals surface area contributed by atoms with Crippen LogP contribution in [-0.4, -0.2) is 18.1 Å². The summed E-state index contributed by atoms with van der Waals surface area (Å²) in [7, 11) is 0. The van der Waals surface area contributed by atoms with Crippen LogP contribution in [0, 0.1) is 0 Å². The Morgan fingerprint density at radius 1 is 1.44 bits per heavy atom. The molecule has 3 N–H and O–H groups in total. The second-order valence-electron chi connectivity index (χ2n) is 3.61. The predicted octanol–water partition coefficient (Wildman–Crippen LogP) is 2.72. The van der Waals surface area contributed by atoms with Gasteiger partial charge in [-0.25, -0.2) is 0 Å². The lowest BCUT2D eigenvalue weighted by Gasteiger charge is -2.06. The van der Waals surface area contributed by atoms with Crippen molar-refractivity contribution in [2.24, 2.45) is 5.73 Å². The molecule has 4 heteroatoms. The topological polar surface area (TPSA) is 51.0 Å². The molecule has 1 aromatic carbocycles. The Kier molecular flexibility index (Phi) is 3.36. The highest BCUT2D eigenvalue weighted by Crippen LogP contribution is 2.31. The number of nitrogens with two attached hydrogens (primary N) is 1. The second kappa shape index (κ2) is 4.76. The van der Waals surface area contributed by atoms with Crippen LogP contribution < -0.4 is 10.5 Å². The van der Waals surface area contributed by atoms with Gasteiger partial charge < -0.3 is 15.5 Å². The van der Waals surface area contributed by atoms with Crippen LogP contribution in [0.1, 0.15) is 12.5 Å². The largest absolute Gasteiger partial charge is 0.492 e. The van der Waals surface area contributed by atoms with Gasteiger partial charge in [0.2, 0.25) is 0 Å². The molecule has 16 heavy (non-hydrogen) atoms. The zero-order valence-electron chi connectivity index (χ0n) is 9.22. The average Bonchev–Trinajstić information content (AvgIpc) is 2.63. The first-order valence-corrected chi connectivity index (χ1v) is 5.76. The van der Waals surface area contributed by atoms with Crippen molar-refractivity contribution in [2.75, 3.05) is 13.2 Å². The van der Waals surface area contributed by atoms with Crippen LogP contribution >= 0.6 is 11.6 Å². The van der Waals surface area contributed by atoms with E-state index in [1.54, 1.807) is 0 Å². The Labute approximate surface area is 99.5 Å². The third kappa shape index (κ3) is 2.01. The molecule has 0 spiro atoms. The highest BCUT2D eigenvalue weighted by Gasteiger charge is 2.08.